The molecule has 2 aliphatic rings. The minimum absolute atomic E-state index is 0.927. The van der Waals surface area contributed by atoms with Gasteiger partial charge in [0.1, 0.15) is 5.65 Å². The molecule has 1 aliphatic carbocycles. The highest BCUT2D eigenvalue weighted by Gasteiger charge is 2.20. The first-order valence-corrected chi connectivity index (χ1v) is 11.0. The summed E-state index contributed by atoms with van der Waals surface area (Å²) in [5, 5.41) is 0. The number of benzene rings is 1. The van der Waals surface area contributed by atoms with Crippen LogP contribution in [0.25, 0.3) is 22.5 Å². The number of likely N-dealkylation sites (N-methyl/N-ethyl adjacent to an activating group) is 1. The number of pyridine rings is 1. The van der Waals surface area contributed by atoms with Crippen molar-refractivity contribution < 1.29 is 0 Å². The first kappa shape index (κ1) is 19.3. The van der Waals surface area contributed by atoms with Crippen molar-refractivity contribution in [3.63, 3.8) is 0 Å². The van der Waals surface area contributed by atoms with Gasteiger partial charge in [0.25, 0.3) is 0 Å². The quantitative estimate of drug-likeness (QED) is 0.631. The number of nitrogens with zero attached hydrogens (tertiary/aromatic N) is 4. The summed E-state index contributed by atoms with van der Waals surface area (Å²) < 4.78 is 2.33. The van der Waals surface area contributed by atoms with E-state index >= 15 is 0 Å². The number of allylic oxidation sites excluding steroid dienone is 4. The van der Waals surface area contributed by atoms with Gasteiger partial charge in [0.15, 0.2) is 0 Å². The Morgan fingerprint density at radius 2 is 1.67 bits per heavy atom. The Bertz CT molecular complexity index is 1100. The average Bonchev–Trinajstić information content (AvgIpc) is 3.14. The second-order valence-electron chi connectivity index (χ2n) is 8.64. The zero-order valence-electron chi connectivity index (χ0n) is 18.0. The van der Waals surface area contributed by atoms with Crippen LogP contribution in [0, 0.1) is 6.92 Å². The third-order valence-electron chi connectivity index (χ3n) is 6.34. The van der Waals surface area contributed by atoms with Gasteiger partial charge in [-0.1, -0.05) is 48.1 Å². The molecule has 0 radical (unpaired) electrons. The predicted octanol–water partition coefficient (Wildman–Crippen LogP) is 4.79. The van der Waals surface area contributed by atoms with Crippen LogP contribution in [-0.2, 0) is 6.54 Å². The van der Waals surface area contributed by atoms with Gasteiger partial charge in [0.2, 0.25) is 0 Å². The van der Waals surface area contributed by atoms with Crippen molar-refractivity contribution in [3.05, 3.63) is 77.6 Å². The van der Waals surface area contributed by atoms with E-state index in [1.807, 2.05) is 0 Å². The molecule has 0 saturated carbocycles. The average molecular weight is 399 g/mol. The minimum Gasteiger partial charge on any atom is -0.304 e. The Balaban J connectivity index is 1.59. The van der Waals surface area contributed by atoms with Crippen LogP contribution >= 0.6 is 0 Å². The molecule has 0 N–H and O–H groups in total. The molecular weight excluding hydrogens is 368 g/mol. The van der Waals surface area contributed by atoms with Crippen molar-refractivity contribution in [2.75, 3.05) is 33.2 Å². The molecule has 4 heteroatoms. The first-order chi connectivity index (χ1) is 14.7. The van der Waals surface area contributed by atoms with Gasteiger partial charge in [-0.15, -0.1) is 0 Å². The van der Waals surface area contributed by atoms with Crippen LogP contribution < -0.4 is 0 Å². The Kier molecular flexibility index (Phi) is 5.28. The molecular formula is C26H30N4. The molecule has 0 atom stereocenters. The van der Waals surface area contributed by atoms with Gasteiger partial charge in [-0.2, -0.15) is 0 Å². The molecule has 0 unspecified atom stereocenters. The van der Waals surface area contributed by atoms with E-state index in [4.69, 9.17) is 4.98 Å². The molecule has 3 aromatic rings. The van der Waals surface area contributed by atoms with Crippen LogP contribution in [0.15, 0.2) is 60.8 Å². The lowest BCUT2D eigenvalue weighted by molar-refractivity contribution is 0.147. The molecule has 30 heavy (non-hydrogen) atoms. The monoisotopic (exact) mass is 398 g/mol. The fourth-order valence-corrected chi connectivity index (χ4v) is 4.40. The summed E-state index contributed by atoms with van der Waals surface area (Å²) >= 11 is 0. The minimum atomic E-state index is 0.927. The molecule has 1 fully saturated rings. The van der Waals surface area contributed by atoms with Gasteiger partial charge in [-0.05, 0) is 50.1 Å². The largest absolute Gasteiger partial charge is 0.304 e. The SMILES string of the molecule is Cc1ccc(-c2nc3ccc(C4=CCCC=C4)cn3c2CN2CCN(C)CC2)cc1. The summed E-state index contributed by atoms with van der Waals surface area (Å²) in [6.07, 6.45) is 11.4. The number of hydrogen-bond acceptors (Lipinski definition) is 3. The normalized spacial score (nSPS) is 18.1. The standard InChI is InChI=1S/C26H30N4/c1-20-8-10-22(11-9-20)26-24(19-29-16-14-28(2)15-17-29)30-18-23(12-13-25(30)27-26)21-6-4-3-5-7-21/h4,6-13,18H,3,5,14-17,19H2,1-2H3. The number of rotatable bonds is 4. The second kappa shape index (κ2) is 8.21. The highest BCUT2D eigenvalue weighted by molar-refractivity contribution is 5.76. The highest BCUT2D eigenvalue weighted by atomic mass is 15.3. The lowest BCUT2D eigenvalue weighted by atomic mass is 10.0. The summed E-state index contributed by atoms with van der Waals surface area (Å²) in [5.74, 6) is 0. The van der Waals surface area contributed by atoms with Crippen LogP contribution in [0.2, 0.25) is 0 Å². The number of piperazine rings is 1. The lowest BCUT2D eigenvalue weighted by Crippen LogP contribution is -2.44. The molecule has 0 bridgehead atoms. The molecule has 0 amide bonds. The Hall–Kier alpha value is -2.69. The predicted molar refractivity (Wildman–Crippen MR) is 124 cm³/mol. The van der Waals surface area contributed by atoms with Gasteiger partial charge in [-0.25, -0.2) is 4.98 Å². The summed E-state index contributed by atoms with van der Waals surface area (Å²) in [7, 11) is 2.21. The van der Waals surface area contributed by atoms with Gasteiger partial charge < -0.3 is 9.30 Å². The van der Waals surface area contributed by atoms with Crippen LogP contribution in [0.3, 0.4) is 0 Å². The van der Waals surface area contributed by atoms with E-state index < -0.39 is 0 Å². The Morgan fingerprint density at radius 3 is 2.40 bits per heavy atom. The number of imidazole rings is 1. The Morgan fingerprint density at radius 1 is 0.900 bits per heavy atom. The molecule has 154 valence electrons. The van der Waals surface area contributed by atoms with Crippen LogP contribution in [-0.4, -0.2) is 52.4 Å². The van der Waals surface area contributed by atoms with Crippen molar-refractivity contribution in [1.82, 2.24) is 19.2 Å². The van der Waals surface area contributed by atoms with E-state index in [1.54, 1.807) is 0 Å². The van der Waals surface area contributed by atoms with E-state index in [2.05, 4.69) is 89.0 Å². The van der Waals surface area contributed by atoms with Crippen molar-refractivity contribution in [2.24, 2.45) is 0 Å². The summed E-state index contributed by atoms with van der Waals surface area (Å²) in [5.41, 5.74) is 8.50. The third kappa shape index (κ3) is 3.85. The summed E-state index contributed by atoms with van der Waals surface area (Å²) in [4.78, 5) is 10.0. The number of aryl methyl sites for hydroxylation is 1. The molecule has 4 nitrogen and oxygen atoms in total. The highest BCUT2D eigenvalue weighted by Crippen LogP contribution is 2.29. The van der Waals surface area contributed by atoms with Crippen molar-refractivity contribution in [1.29, 1.82) is 0 Å². The van der Waals surface area contributed by atoms with Crippen molar-refractivity contribution in [3.8, 4) is 11.3 Å². The zero-order valence-corrected chi connectivity index (χ0v) is 18.0. The fourth-order valence-electron chi connectivity index (χ4n) is 4.40. The summed E-state index contributed by atoms with van der Waals surface area (Å²) in [6, 6.07) is 13.2. The molecule has 1 aromatic carbocycles. The van der Waals surface area contributed by atoms with E-state index in [1.165, 1.54) is 28.0 Å². The van der Waals surface area contributed by atoms with Gasteiger partial charge in [0.05, 0.1) is 11.4 Å². The molecule has 0 spiro atoms. The zero-order chi connectivity index (χ0) is 20.5. The molecule has 2 aromatic heterocycles. The van der Waals surface area contributed by atoms with Gasteiger partial charge in [0, 0.05) is 44.5 Å². The van der Waals surface area contributed by atoms with Gasteiger partial charge >= 0.3 is 0 Å². The molecule has 3 heterocycles. The maximum Gasteiger partial charge on any atom is 0.137 e. The van der Waals surface area contributed by atoms with E-state index in [-0.39, 0.29) is 0 Å². The first-order valence-electron chi connectivity index (χ1n) is 11.0. The topological polar surface area (TPSA) is 23.8 Å². The second-order valence-corrected chi connectivity index (χ2v) is 8.64. The third-order valence-corrected chi connectivity index (χ3v) is 6.34. The number of hydrogen-bond donors (Lipinski definition) is 0. The van der Waals surface area contributed by atoms with Crippen LogP contribution in [0.5, 0.6) is 0 Å². The molecule has 5 rings (SSSR count). The molecule has 1 aliphatic heterocycles. The smallest absolute Gasteiger partial charge is 0.137 e. The van der Waals surface area contributed by atoms with Crippen LogP contribution in [0.1, 0.15) is 29.7 Å². The summed E-state index contributed by atoms with van der Waals surface area (Å²) in [6.45, 7) is 7.52. The number of fused-ring (bicyclic) bond motifs is 1. The fraction of sp³-hybridized carbons (Fsp3) is 0.346. The van der Waals surface area contributed by atoms with Gasteiger partial charge in [-0.3, -0.25) is 4.90 Å². The van der Waals surface area contributed by atoms with E-state index in [0.717, 1.165) is 56.9 Å². The number of aromatic nitrogens is 2. The maximum atomic E-state index is 5.07. The van der Waals surface area contributed by atoms with Crippen LogP contribution in [0.4, 0.5) is 0 Å². The lowest BCUT2D eigenvalue weighted by Gasteiger charge is -2.32. The Labute approximate surface area is 179 Å². The molecule has 1 saturated heterocycles. The van der Waals surface area contributed by atoms with E-state index in [9.17, 15) is 0 Å². The maximum absolute atomic E-state index is 5.07. The van der Waals surface area contributed by atoms with E-state index in [0.29, 0.717) is 0 Å². The van der Waals surface area contributed by atoms with Crippen molar-refractivity contribution in [2.45, 2.75) is 26.3 Å². The van der Waals surface area contributed by atoms with Crippen molar-refractivity contribution >= 4 is 11.2 Å².